The van der Waals surface area contributed by atoms with Crippen LogP contribution in [0.5, 0.6) is 11.6 Å². The molecule has 1 aromatic heterocycles. The molecule has 0 bridgehead atoms. The summed E-state index contributed by atoms with van der Waals surface area (Å²) in [5.74, 6) is 0.468. The third kappa shape index (κ3) is 10.7. The molecule has 0 spiro atoms. The van der Waals surface area contributed by atoms with E-state index in [1.165, 1.54) is 26.4 Å². The number of halogens is 1. The Balaban J connectivity index is 1.31. The number of rotatable bonds is 18. The van der Waals surface area contributed by atoms with Crippen LogP contribution in [0.2, 0.25) is 0 Å². The molecule has 0 amide bonds. The van der Waals surface area contributed by atoms with Crippen molar-refractivity contribution >= 4 is 11.9 Å². The van der Waals surface area contributed by atoms with E-state index >= 15 is 0 Å². The summed E-state index contributed by atoms with van der Waals surface area (Å²) >= 11 is 0. The molecule has 242 valence electrons. The molecular weight excluding hydrogens is 585 g/mol. The van der Waals surface area contributed by atoms with Crippen molar-refractivity contribution in [3.8, 4) is 34.0 Å². The predicted octanol–water partition coefficient (Wildman–Crippen LogP) is 8.17. The van der Waals surface area contributed by atoms with Crippen molar-refractivity contribution in [2.24, 2.45) is 0 Å². The number of carbonyl (C=O) groups excluding carboxylic acids is 2. The molecule has 0 N–H and O–H groups in total. The number of benzene rings is 3. The average molecular weight is 628 g/mol. The topological polar surface area (TPSA) is 84.0 Å². The van der Waals surface area contributed by atoms with Crippen molar-refractivity contribution in [1.29, 1.82) is 0 Å². The molecule has 1 heterocycles. The average Bonchev–Trinajstić information content (AvgIpc) is 3.09. The highest BCUT2D eigenvalue weighted by Crippen LogP contribution is 2.29. The van der Waals surface area contributed by atoms with Gasteiger partial charge in [0.15, 0.2) is 0 Å². The Hall–Kier alpha value is -4.72. The van der Waals surface area contributed by atoms with Crippen LogP contribution in [0.3, 0.4) is 0 Å². The minimum atomic E-state index is -0.287. The highest BCUT2D eigenvalue weighted by molar-refractivity contribution is 5.72. The molecule has 0 aliphatic rings. The van der Waals surface area contributed by atoms with Crippen LogP contribution in [0.4, 0.5) is 4.39 Å². The molecule has 4 rings (SSSR count). The third-order valence-corrected chi connectivity index (χ3v) is 7.69. The first-order valence-electron chi connectivity index (χ1n) is 15.8. The van der Waals surface area contributed by atoms with Crippen LogP contribution < -0.4 is 9.47 Å². The normalized spacial score (nSPS) is 10.8. The van der Waals surface area contributed by atoms with E-state index in [0.29, 0.717) is 38.4 Å². The highest BCUT2D eigenvalue weighted by atomic mass is 19.1. The van der Waals surface area contributed by atoms with Crippen LogP contribution in [0, 0.1) is 5.82 Å². The van der Waals surface area contributed by atoms with Crippen LogP contribution >= 0.6 is 0 Å². The Labute approximate surface area is 270 Å². The SMILES string of the molecule is COC(=O)CCCOc1cccc(CCCCCCOc2cc(-c3ccccc3)cc(-c3ccc(F)cc3)n2)c1CCC(=O)OC. The van der Waals surface area contributed by atoms with Crippen molar-refractivity contribution < 1.29 is 32.9 Å². The summed E-state index contributed by atoms with van der Waals surface area (Å²) in [5.41, 5.74) is 5.76. The van der Waals surface area contributed by atoms with Gasteiger partial charge in [0.05, 0.1) is 33.1 Å². The molecule has 0 saturated heterocycles. The number of esters is 2. The van der Waals surface area contributed by atoms with E-state index in [-0.39, 0.29) is 24.2 Å². The van der Waals surface area contributed by atoms with E-state index in [9.17, 15) is 14.0 Å². The maximum atomic E-state index is 13.5. The van der Waals surface area contributed by atoms with Crippen LogP contribution in [0.15, 0.2) is 84.9 Å². The van der Waals surface area contributed by atoms with Crippen LogP contribution in [0.1, 0.15) is 56.1 Å². The molecule has 0 atom stereocenters. The molecular formula is C38H42FNO6. The van der Waals surface area contributed by atoms with Gasteiger partial charge in [-0.05, 0) is 90.8 Å². The van der Waals surface area contributed by atoms with Gasteiger partial charge < -0.3 is 18.9 Å². The number of carbonyl (C=O) groups is 2. The summed E-state index contributed by atoms with van der Waals surface area (Å²) in [6.45, 7) is 0.922. The number of methoxy groups -OCH3 is 2. The van der Waals surface area contributed by atoms with Gasteiger partial charge in [-0.2, -0.15) is 0 Å². The summed E-state index contributed by atoms with van der Waals surface area (Å²) in [6.07, 6.45) is 6.36. The van der Waals surface area contributed by atoms with Crippen LogP contribution in [-0.2, 0) is 31.9 Å². The van der Waals surface area contributed by atoms with E-state index in [0.717, 1.165) is 71.4 Å². The van der Waals surface area contributed by atoms with Gasteiger partial charge in [-0.3, -0.25) is 9.59 Å². The molecule has 4 aromatic rings. The minimum Gasteiger partial charge on any atom is -0.493 e. The first kappa shape index (κ1) is 34.2. The lowest BCUT2D eigenvalue weighted by molar-refractivity contribution is -0.141. The zero-order chi connectivity index (χ0) is 32.6. The van der Waals surface area contributed by atoms with Gasteiger partial charge in [0.2, 0.25) is 5.88 Å². The van der Waals surface area contributed by atoms with E-state index in [2.05, 4.69) is 6.07 Å². The Morgan fingerprint density at radius 2 is 1.37 bits per heavy atom. The van der Waals surface area contributed by atoms with Crippen LogP contribution in [-0.4, -0.2) is 44.4 Å². The second kappa shape index (κ2) is 18.3. The molecule has 0 radical (unpaired) electrons. The maximum Gasteiger partial charge on any atom is 0.305 e. The molecule has 0 unspecified atom stereocenters. The third-order valence-electron chi connectivity index (χ3n) is 7.69. The van der Waals surface area contributed by atoms with Gasteiger partial charge in [-0.15, -0.1) is 0 Å². The zero-order valence-corrected chi connectivity index (χ0v) is 26.6. The summed E-state index contributed by atoms with van der Waals surface area (Å²) < 4.78 is 35.2. The molecule has 0 aliphatic heterocycles. The van der Waals surface area contributed by atoms with Crippen molar-refractivity contribution in [2.75, 3.05) is 27.4 Å². The molecule has 0 saturated carbocycles. The fraction of sp³-hybridized carbons (Fsp3) is 0.342. The van der Waals surface area contributed by atoms with Gasteiger partial charge >= 0.3 is 11.9 Å². The summed E-state index contributed by atoms with van der Waals surface area (Å²) in [5, 5.41) is 0. The first-order valence-corrected chi connectivity index (χ1v) is 15.8. The number of aryl methyl sites for hydroxylation is 1. The van der Waals surface area contributed by atoms with Gasteiger partial charge in [-0.1, -0.05) is 55.3 Å². The Bertz CT molecular complexity index is 1540. The monoisotopic (exact) mass is 627 g/mol. The lowest BCUT2D eigenvalue weighted by Gasteiger charge is -2.16. The second-order valence-corrected chi connectivity index (χ2v) is 11.0. The van der Waals surface area contributed by atoms with E-state index in [4.69, 9.17) is 23.9 Å². The molecule has 7 nitrogen and oxygen atoms in total. The first-order chi connectivity index (χ1) is 22.5. The smallest absolute Gasteiger partial charge is 0.305 e. The largest absolute Gasteiger partial charge is 0.493 e. The molecule has 8 heteroatoms. The zero-order valence-electron chi connectivity index (χ0n) is 26.6. The summed E-state index contributed by atoms with van der Waals surface area (Å²) in [6, 6.07) is 26.3. The maximum absolute atomic E-state index is 13.5. The second-order valence-electron chi connectivity index (χ2n) is 11.0. The number of ether oxygens (including phenoxy) is 4. The highest BCUT2D eigenvalue weighted by Gasteiger charge is 2.13. The molecule has 0 fully saturated rings. The standard InChI is InChI=1S/C38H42FNO6/c1-43-37(41)17-11-25-45-35-16-10-15-29(33(35)22-23-38(42)44-2)14-6-3-4-9-24-46-36-27-31(28-12-7-5-8-13-28)26-34(40-36)30-18-20-32(39)21-19-30/h5,7-8,10,12-13,15-16,18-21,26-27H,3-4,6,9,11,14,17,22-25H2,1-2H3. The lowest BCUT2D eigenvalue weighted by Crippen LogP contribution is -2.08. The van der Waals surface area contributed by atoms with Gasteiger partial charge in [0, 0.05) is 24.5 Å². The summed E-state index contributed by atoms with van der Waals surface area (Å²) in [4.78, 5) is 28.0. The Kier molecular flexibility index (Phi) is 13.6. The fourth-order valence-electron chi connectivity index (χ4n) is 5.19. The van der Waals surface area contributed by atoms with Crippen molar-refractivity contribution in [3.63, 3.8) is 0 Å². The van der Waals surface area contributed by atoms with E-state index in [1.807, 2.05) is 54.6 Å². The number of nitrogens with zero attached hydrogens (tertiary/aromatic N) is 1. The Morgan fingerprint density at radius 3 is 2.13 bits per heavy atom. The number of hydrogen-bond acceptors (Lipinski definition) is 7. The predicted molar refractivity (Wildman–Crippen MR) is 176 cm³/mol. The number of pyridine rings is 1. The number of aromatic nitrogens is 1. The van der Waals surface area contributed by atoms with Gasteiger partial charge in [0.25, 0.3) is 0 Å². The summed E-state index contributed by atoms with van der Waals surface area (Å²) in [7, 11) is 2.77. The Morgan fingerprint density at radius 1 is 0.652 bits per heavy atom. The van der Waals surface area contributed by atoms with Gasteiger partial charge in [0.1, 0.15) is 11.6 Å². The fourth-order valence-corrected chi connectivity index (χ4v) is 5.19. The number of unbranched alkanes of at least 4 members (excludes halogenated alkanes) is 3. The molecule has 3 aromatic carbocycles. The molecule has 0 aliphatic carbocycles. The van der Waals surface area contributed by atoms with Crippen molar-refractivity contribution in [2.45, 2.75) is 57.8 Å². The lowest BCUT2D eigenvalue weighted by atomic mass is 9.97. The van der Waals surface area contributed by atoms with E-state index in [1.54, 1.807) is 12.1 Å². The number of hydrogen-bond donors (Lipinski definition) is 0. The van der Waals surface area contributed by atoms with Crippen LogP contribution in [0.25, 0.3) is 22.4 Å². The van der Waals surface area contributed by atoms with E-state index < -0.39 is 0 Å². The minimum absolute atomic E-state index is 0.264. The van der Waals surface area contributed by atoms with Crippen molar-refractivity contribution in [3.05, 3.63) is 102 Å². The van der Waals surface area contributed by atoms with Gasteiger partial charge in [-0.25, -0.2) is 9.37 Å². The quantitative estimate of drug-likeness (QED) is 0.0813. The van der Waals surface area contributed by atoms with Crippen molar-refractivity contribution in [1.82, 2.24) is 4.98 Å². The molecule has 46 heavy (non-hydrogen) atoms.